The first-order valence-electron chi connectivity index (χ1n) is 10.9. The van der Waals surface area contributed by atoms with Crippen molar-refractivity contribution in [3.63, 3.8) is 0 Å². The molecular weight excluding hydrogens is 412 g/mol. The number of aliphatic hydroxyl groups excluding tert-OH is 1. The second-order valence-electron chi connectivity index (χ2n) is 8.63. The Balaban J connectivity index is 1.74. The van der Waals surface area contributed by atoms with Crippen LogP contribution in [0.25, 0.3) is 0 Å². The Morgan fingerprint density at radius 3 is 2.39 bits per heavy atom. The summed E-state index contributed by atoms with van der Waals surface area (Å²) in [5, 5.41) is 13.1. The maximum Gasteiger partial charge on any atom is 0.321 e. The SMILES string of the molecule is CC(C)CN(C[C@@H](O)c1ccccc1)C(=O)Nc1cccc(S(=O)(=O)C2CCCC2)c1. The molecule has 0 saturated heterocycles. The fourth-order valence-electron chi connectivity index (χ4n) is 4.01. The van der Waals surface area contributed by atoms with Crippen molar-refractivity contribution in [2.75, 3.05) is 18.4 Å². The van der Waals surface area contributed by atoms with Gasteiger partial charge in [0.05, 0.1) is 22.8 Å². The molecule has 0 unspecified atom stereocenters. The first-order valence-corrected chi connectivity index (χ1v) is 12.4. The molecule has 2 amide bonds. The van der Waals surface area contributed by atoms with Gasteiger partial charge >= 0.3 is 6.03 Å². The number of benzene rings is 2. The Labute approximate surface area is 185 Å². The molecule has 1 saturated carbocycles. The minimum Gasteiger partial charge on any atom is -0.387 e. The number of aliphatic hydroxyl groups is 1. The van der Waals surface area contributed by atoms with Crippen LogP contribution in [0, 0.1) is 5.92 Å². The van der Waals surface area contributed by atoms with E-state index in [4.69, 9.17) is 0 Å². The van der Waals surface area contributed by atoms with Crippen molar-refractivity contribution in [3.8, 4) is 0 Å². The van der Waals surface area contributed by atoms with Crippen molar-refractivity contribution in [2.45, 2.75) is 55.8 Å². The third-order valence-corrected chi connectivity index (χ3v) is 7.87. The zero-order chi connectivity index (χ0) is 22.4. The van der Waals surface area contributed by atoms with Crippen LogP contribution >= 0.6 is 0 Å². The van der Waals surface area contributed by atoms with Crippen molar-refractivity contribution in [2.24, 2.45) is 5.92 Å². The van der Waals surface area contributed by atoms with E-state index in [9.17, 15) is 18.3 Å². The molecule has 31 heavy (non-hydrogen) atoms. The maximum atomic E-state index is 13.0. The second-order valence-corrected chi connectivity index (χ2v) is 10.9. The molecule has 3 rings (SSSR count). The lowest BCUT2D eigenvalue weighted by Gasteiger charge is -2.27. The number of hydrogen-bond acceptors (Lipinski definition) is 4. The van der Waals surface area contributed by atoms with E-state index in [2.05, 4.69) is 5.32 Å². The van der Waals surface area contributed by atoms with Gasteiger partial charge in [-0.05, 0) is 42.5 Å². The number of anilines is 1. The van der Waals surface area contributed by atoms with Gasteiger partial charge < -0.3 is 15.3 Å². The van der Waals surface area contributed by atoms with E-state index in [1.165, 1.54) is 6.07 Å². The highest BCUT2D eigenvalue weighted by molar-refractivity contribution is 7.92. The van der Waals surface area contributed by atoms with Gasteiger partial charge in [-0.3, -0.25) is 0 Å². The molecule has 1 atom stereocenters. The van der Waals surface area contributed by atoms with Crippen LogP contribution in [-0.2, 0) is 9.84 Å². The van der Waals surface area contributed by atoms with Crippen molar-refractivity contribution < 1.29 is 18.3 Å². The fourth-order valence-corrected chi connectivity index (χ4v) is 5.91. The van der Waals surface area contributed by atoms with Crippen molar-refractivity contribution in [1.82, 2.24) is 4.90 Å². The number of urea groups is 1. The van der Waals surface area contributed by atoms with Gasteiger partial charge in [0, 0.05) is 12.2 Å². The molecule has 1 fully saturated rings. The number of carbonyl (C=O) groups excluding carboxylic acids is 1. The molecule has 2 aromatic carbocycles. The van der Waals surface area contributed by atoms with Gasteiger partial charge in [-0.15, -0.1) is 0 Å². The summed E-state index contributed by atoms with van der Waals surface area (Å²) in [5.41, 5.74) is 1.18. The molecular formula is C24H32N2O4S. The molecule has 0 bridgehead atoms. The summed E-state index contributed by atoms with van der Waals surface area (Å²) in [6.07, 6.45) is 2.46. The lowest BCUT2D eigenvalue weighted by atomic mass is 10.1. The lowest BCUT2D eigenvalue weighted by molar-refractivity contribution is 0.121. The van der Waals surface area contributed by atoms with Gasteiger partial charge in [0.25, 0.3) is 0 Å². The summed E-state index contributed by atoms with van der Waals surface area (Å²) in [6, 6.07) is 15.3. The van der Waals surface area contributed by atoms with E-state index in [0.717, 1.165) is 18.4 Å². The molecule has 1 aliphatic carbocycles. The number of nitrogens with zero attached hydrogens (tertiary/aromatic N) is 1. The molecule has 1 aliphatic rings. The largest absolute Gasteiger partial charge is 0.387 e. The topological polar surface area (TPSA) is 86.7 Å². The standard InChI is InChI=1S/C24H32N2O4S/c1-18(2)16-26(17-23(27)19-9-4-3-5-10-19)24(28)25-20-11-8-14-22(15-20)31(29,30)21-12-6-7-13-21/h3-5,8-11,14-15,18,21,23,27H,6-7,12-13,16-17H2,1-2H3,(H,25,28)/t23-/m1/s1. The van der Waals surface area contributed by atoms with Crippen LogP contribution in [0.2, 0.25) is 0 Å². The molecule has 0 aliphatic heterocycles. The first-order chi connectivity index (χ1) is 14.8. The Bertz CT molecular complexity index is 970. The Morgan fingerprint density at radius 2 is 1.74 bits per heavy atom. The predicted octanol–water partition coefficient (Wildman–Crippen LogP) is 4.63. The second kappa shape index (κ2) is 10.3. The van der Waals surface area contributed by atoms with E-state index in [1.807, 2.05) is 44.2 Å². The zero-order valence-electron chi connectivity index (χ0n) is 18.2. The number of nitrogens with one attached hydrogen (secondary N) is 1. The zero-order valence-corrected chi connectivity index (χ0v) is 19.0. The maximum absolute atomic E-state index is 13.0. The smallest absolute Gasteiger partial charge is 0.321 e. The third-order valence-electron chi connectivity index (χ3n) is 5.61. The Morgan fingerprint density at radius 1 is 1.06 bits per heavy atom. The van der Waals surface area contributed by atoms with Crippen LogP contribution in [0.5, 0.6) is 0 Å². The lowest BCUT2D eigenvalue weighted by Crippen LogP contribution is -2.40. The predicted molar refractivity (Wildman–Crippen MR) is 123 cm³/mol. The number of sulfone groups is 1. The molecule has 2 aromatic rings. The van der Waals surface area contributed by atoms with Gasteiger partial charge in [-0.1, -0.05) is 63.1 Å². The summed E-state index contributed by atoms with van der Waals surface area (Å²) in [4.78, 5) is 14.8. The number of amides is 2. The molecule has 6 nitrogen and oxygen atoms in total. The van der Waals surface area contributed by atoms with Crippen LogP contribution < -0.4 is 5.32 Å². The van der Waals surface area contributed by atoms with E-state index in [1.54, 1.807) is 23.1 Å². The fraction of sp³-hybridized carbons (Fsp3) is 0.458. The van der Waals surface area contributed by atoms with Gasteiger partial charge in [0.2, 0.25) is 0 Å². The molecule has 7 heteroatoms. The van der Waals surface area contributed by atoms with Crippen molar-refractivity contribution >= 4 is 21.6 Å². The van der Waals surface area contributed by atoms with Crippen LogP contribution in [0.1, 0.15) is 51.2 Å². The highest BCUT2D eigenvalue weighted by atomic mass is 32.2. The minimum absolute atomic E-state index is 0.147. The molecule has 0 heterocycles. The van der Waals surface area contributed by atoms with Crippen molar-refractivity contribution in [3.05, 3.63) is 60.2 Å². The normalized spacial score (nSPS) is 15.7. The number of hydrogen-bond donors (Lipinski definition) is 2. The van der Waals surface area contributed by atoms with Crippen LogP contribution in [0.4, 0.5) is 10.5 Å². The minimum atomic E-state index is -3.40. The van der Waals surface area contributed by atoms with Gasteiger partial charge in [0.15, 0.2) is 9.84 Å². The van der Waals surface area contributed by atoms with Gasteiger partial charge in [-0.2, -0.15) is 0 Å². The average molecular weight is 445 g/mol. The Hall–Kier alpha value is -2.38. The first kappa shape index (κ1) is 23.3. The number of carbonyl (C=O) groups is 1. The van der Waals surface area contributed by atoms with Gasteiger partial charge in [0.1, 0.15) is 0 Å². The highest BCUT2D eigenvalue weighted by Gasteiger charge is 2.30. The van der Waals surface area contributed by atoms with Crippen LogP contribution in [0.3, 0.4) is 0 Å². The van der Waals surface area contributed by atoms with E-state index in [-0.39, 0.29) is 28.6 Å². The van der Waals surface area contributed by atoms with Crippen LogP contribution in [-0.4, -0.2) is 42.8 Å². The molecule has 0 spiro atoms. The monoisotopic (exact) mass is 444 g/mol. The average Bonchev–Trinajstić information content (AvgIpc) is 3.29. The summed E-state index contributed by atoms with van der Waals surface area (Å²) >= 11 is 0. The molecule has 0 radical (unpaired) electrons. The Kier molecular flexibility index (Phi) is 7.73. The third kappa shape index (κ3) is 6.08. The molecule has 2 N–H and O–H groups in total. The summed E-state index contributed by atoms with van der Waals surface area (Å²) in [7, 11) is -3.40. The van der Waals surface area contributed by atoms with Gasteiger partial charge in [-0.25, -0.2) is 13.2 Å². The summed E-state index contributed by atoms with van der Waals surface area (Å²) in [5.74, 6) is 0.211. The van der Waals surface area contributed by atoms with E-state index >= 15 is 0 Å². The highest BCUT2D eigenvalue weighted by Crippen LogP contribution is 2.30. The van der Waals surface area contributed by atoms with Crippen molar-refractivity contribution in [1.29, 1.82) is 0 Å². The molecule has 0 aromatic heterocycles. The van der Waals surface area contributed by atoms with Crippen LogP contribution in [0.15, 0.2) is 59.5 Å². The molecule has 168 valence electrons. The van der Waals surface area contributed by atoms with E-state index < -0.39 is 15.9 Å². The summed E-state index contributed by atoms with van der Waals surface area (Å²) in [6.45, 7) is 4.62. The quantitative estimate of drug-likeness (QED) is 0.622. The van der Waals surface area contributed by atoms with E-state index in [0.29, 0.717) is 25.1 Å². The number of rotatable bonds is 8. The summed E-state index contributed by atoms with van der Waals surface area (Å²) < 4.78 is 25.8.